The summed E-state index contributed by atoms with van der Waals surface area (Å²) in [6, 6.07) is 0. The van der Waals surface area contributed by atoms with Gasteiger partial charge >= 0.3 is 0 Å². The molecule has 1 N–H and O–H groups in total. The molecule has 0 amide bonds. The van der Waals surface area contributed by atoms with E-state index in [1.165, 1.54) is 6.92 Å². The van der Waals surface area contributed by atoms with Gasteiger partial charge in [-0.1, -0.05) is 13.8 Å². The molecular weight excluding hydrogens is 238 g/mol. The quantitative estimate of drug-likeness (QED) is 0.764. The summed E-state index contributed by atoms with van der Waals surface area (Å²) in [5, 5.41) is 0. The first-order valence-corrected chi connectivity index (χ1v) is 7.85. The minimum absolute atomic E-state index is 0.00569. The van der Waals surface area contributed by atoms with Gasteiger partial charge in [-0.2, -0.15) is 0 Å². The highest BCUT2D eigenvalue weighted by Gasteiger charge is 2.77. The number of carbonyl (C=O) groups excluding carboxylic acids is 1. The number of carbonyl (C=O) groups is 1. The minimum atomic E-state index is -3.29. The number of sulfonamides is 1. The average Bonchev–Trinajstić information content (AvgIpc) is 2.62. The Labute approximate surface area is 102 Å². The molecule has 3 unspecified atom stereocenters. The number of hydrogen-bond acceptors (Lipinski definition) is 3. The van der Waals surface area contributed by atoms with Crippen LogP contribution in [0.2, 0.25) is 0 Å². The second-order valence-electron chi connectivity index (χ2n) is 6.57. The molecule has 1 heterocycles. The smallest absolute Gasteiger partial charge is 0.213 e. The molecule has 0 aromatic carbocycles. The zero-order chi connectivity index (χ0) is 12.7. The summed E-state index contributed by atoms with van der Waals surface area (Å²) < 4.78 is 26.6. The predicted octanol–water partition coefficient (Wildman–Crippen LogP) is 1.07. The summed E-state index contributed by atoms with van der Waals surface area (Å²) in [5.41, 5.74) is -1.25. The fourth-order valence-electron chi connectivity index (χ4n) is 4.88. The summed E-state index contributed by atoms with van der Waals surface area (Å²) in [7, 11) is -3.29. The first kappa shape index (κ1) is 11.7. The van der Waals surface area contributed by atoms with Gasteiger partial charge in [0.15, 0.2) is 5.78 Å². The third-order valence-electron chi connectivity index (χ3n) is 5.91. The van der Waals surface area contributed by atoms with Crippen molar-refractivity contribution in [2.45, 2.75) is 45.6 Å². The molecular formula is C12H19NO3S. The summed E-state index contributed by atoms with van der Waals surface area (Å²) in [6.07, 6.45) is 2.60. The van der Waals surface area contributed by atoms with Crippen LogP contribution in [0, 0.1) is 16.7 Å². The van der Waals surface area contributed by atoms with E-state index >= 15 is 0 Å². The van der Waals surface area contributed by atoms with Crippen LogP contribution in [0.3, 0.4) is 0 Å². The zero-order valence-corrected chi connectivity index (χ0v) is 11.4. The number of ketones is 1. The molecule has 0 aromatic rings. The van der Waals surface area contributed by atoms with Crippen molar-refractivity contribution >= 4 is 15.8 Å². The molecule has 0 aromatic heterocycles. The van der Waals surface area contributed by atoms with Crippen molar-refractivity contribution in [3.63, 3.8) is 0 Å². The van der Waals surface area contributed by atoms with Crippen molar-refractivity contribution < 1.29 is 13.2 Å². The van der Waals surface area contributed by atoms with Crippen molar-refractivity contribution in [3.8, 4) is 0 Å². The van der Waals surface area contributed by atoms with Crippen LogP contribution in [0.4, 0.5) is 0 Å². The Morgan fingerprint density at radius 1 is 1.35 bits per heavy atom. The monoisotopic (exact) mass is 257 g/mol. The van der Waals surface area contributed by atoms with E-state index in [4.69, 9.17) is 0 Å². The summed E-state index contributed by atoms with van der Waals surface area (Å²) >= 11 is 0. The molecule has 3 fully saturated rings. The van der Waals surface area contributed by atoms with Crippen LogP contribution < -0.4 is 4.72 Å². The number of hydrogen-bond donors (Lipinski definition) is 1. The molecule has 0 radical (unpaired) electrons. The average molecular weight is 257 g/mol. The van der Waals surface area contributed by atoms with Crippen LogP contribution in [-0.2, 0) is 14.8 Å². The van der Waals surface area contributed by atoms with Gasteiger partial charge in [-0.25, -0.2) is 13.1 Å². The zero-order valence-electron chi connectivity index (χ0n) is 10.5. The molecule has 17 heavy (non-hydrogen) atoms. The number of rotatable bonds is 1. The first-order chi connectivity index (χ1) is 7.67. The fraction of sp³-hybridized carbons (Fsp3) is 0.917. The highest BCUT2D eigenvalue weighted by molar-refractivity contribution is 7.89. The molecule has 96 valence electrons. The van der Waals surface area contributed by atoms with E-state index in [9.17, 15) is 13.2 Å². The van der Waals surface area contributed by atoms with Crippen LogP contribution in [0.25, 0.3) is 0 Å². The van der Waals surface area contributed by atoms with Crippen molar-refractivity contribution in [2.24, 2.45) is 16.7 Å². The van der Waals surface area contributed by atoms with Crippen molar-refractivity contribution in [3.05, 3.63) is 0 Å². The third kappa shape index (κ3) is 1.04. The number of Topliss-reactive ketones (excluding diaryl/α,β-unsaturated/α-hetero) is 1. The lowest BCUT2D eigenvalue weighted by Crippen LogP contribution is -2.57. The molecule has 1 spiro atoms. The molecule has 1 aliphatic heterocycles. The Kier molecular flexibility index (Phi) is 1.90. The van der Waals surface area contributed by atoms with Crippen LogP contribution >= 0.6 is 0 Å². The normalized spacial score (nSPS) is 49.2. The molecule has 4 nitrogen and oxygen atoms in total. The minimum Gasteiger partial charge on any atom is -0.298 e. The van der Waals surface area contributed by atoms with Gasteiger partial charge in [0.05, 0.1) is 11.3 Å². The van der Waals surface area contributed by atoms with E-state index in [2.05, 4.69) is 18.6 Å². The Balaban J connectivity index is 2.26. The van der Waals surface area contributed by atoms with Gasteiger partial charge in [0.1, 0.15) is 0 Å². The third-order valence-corrected chi connectivity index (χ3v) is 7.44. The Hall–Kier alpha value is -0.420. The van der Waals surface area contributed by atoms with Crippen LogP contribution in [0.1, 0.15) is 40.0 Å². The highest BCUT2D eigenvalue weighted by atomic mass is 32.2. The molecule has 3 aliphatic rings. The number of nitrogens with one attached hydrogen (secondary N) is 1. The predicted molar refractivity (Wildman–Crippen MR) is 63.9 cm³/mol. The van der Waals surface area contributed by atoms with Crippen molar-refractivity contribution in [1.82, 2.24) is 4.72 Å². The van der Waals surface area contributed by atoms with Crippen molar-refractivity contribution in [2.75, 3.05) is 5.75 Å². The van der Waals surface area contributed by atoms with Gasteiger partial charge in [0.2, 0.25) is 10.0 Å². The molecule has 5 heteroatoms. The Bertz CT molecular complexity index is 510. The second-order valence-corrected chi connectivity index (χ2v) is 8.29. The van der Waals surface area contributed by atoms with E-state index in [-0.39, 0.29) is 22.4 Å². The lowest BCUT2D eigenvalue weighted by Gasteiger charge is -2.42. The largest absolute Gasteiger partial charge is 0.298 e. The van der Waals surface area contributed by atoms with E-state index in [1.54, 1.807) is 0 Å². The lowest BCUT2D eigenvalue weighted by atomic mass is 9.62. The van der Waals surface area contributed by atoms with Gasteiger partial charge < -0.3 is 0 Å². The van der Waals surface area contributed by atoms with Gasteiger partial charge in [-0.05, 0) is 37.5 Å². The van der Waals surface area contributed by atoms with E-state index in [1.807, 2.05) is 0 Å². The molecule has 3 atom stereocenters. The molecule has 1 saturated heterocycles. The standard InChI is InChI=1S/C12H19NO3S/c1-8(14)12-6-9-4-5-11(12,10(9,2)3)7-17(15,16)13-12/h9,13H,4-7H2,1-3H3. The maximum absolute atomic E-state index is 12.1. The Morgan fingerprint density at radius 3 is 2.47 bits per heavy atom. The van der Waals surface area contributed by atoms with E-state index in [0.717, 1.165) is 12.8 Å². The van der Waals surface area contributed by atoms with Crippen LogP contribution in [0.15, 0.2) is 0 Å². The maximum atomic E-state index is 12.1. The van der Waals surface area contributed by atoms with Crippen LogP contribution in [-0.4, -0.2) is 25.5 Å². The SMILES string of the molecule is CC(=O)C12CC3CCC1(CS(=O)(=O)N2)C3(C)C. The van der Waals surface area contributed by atoms with Gasteiger partial charge in [0.25, 0.3) is 0 Å². The molecule has 2 saturated carbocycles. The summed E-state index contributed by atoms with van der Waals surface area (Å²) in [5.74, 6) is 0.589. The van der Waals surface area contributed by atoms with Gasteiger partial charge in [-0.3, -0.25) is 4.79 Å². The first-order valence-electron chi connectivity index (χ1n) is 6.20. The number of fused-ring (bicyclic) bond motifs is 1. The fourth-order valence-corrected chi connectivity index (χ4v) is 7.32. The van der Waals surface area contributed by atoms with Crippen LogP contribution in [0.5, 0.6) is 0 Å². The van der Waals surface area contributed by atoms with E-state index < -0.39 is 15.6 Å². The molecule has 3 rings (SSSR count). The summed E-state index contributed by atoms with van der Waals surface area (Å²) in [6.45, 7) is 5.81. The van der Waals surface area contributed by atoms with Crippen molar-refractivity contribution in [1.29, 1.82) is 0 Å². The van der Waals surface area contributed by atoms with E-state index in [0.29, 0.717) is 12.3 Å². The highest BCUT2D eigenvalue weighted by Crippen LogP contribution is 2.72. The molecule has 2 aliphatic carbocycles. The van der Waals surface area contributed by atoms with Gasteiger partial charge in [0, 0.05) is 5.41 Å². The Morgan fingerprint density at radius 2 is 2.00 bits per heavy atom. The molecule has 2 bridgehead atoms. The maximum Gasteiger partial charge on any atom is 0.213 e. The second kappa shape index (κ2) is 2.77. The lowest BCUT2D eigenvalue weighted by molar-refractivity contribution is -0.127. The topological polar surface area (TPSA) is 63.2 Å². The summed E-state index contributed by atoms with van der Waals surface area (Å²) in [4.78, 5) is 12.1. The van der Waals surface area contributed by atoms with Gasteiger partial charge in [-0.15, -0.1) is 0 Å².